The summed E-state index contributed by atoms with van der Waals surface area (Å²) < 4.78 is 12.8. The molecule has 0 amide bonds. The lowest BCUT2D eigenvalue weighted by Crippen LogP contribution is -2.15. The van der Waals surface area contributed by atoms with Gasteiger partial charge in [0, 0.05) is 19.3 Å². The van der Waals surface area contributed by atoms with Gasteiger partial charge in [-0.15, -0.1) is 0 Å². The Balaban J connectivity index is 0.000000861. The molecule has 0 atom stereocenters. The molecule has 0 radical (unpaired) electrons. The Morgan fingerprint density at radius 1 is 0.842 bits per heavy atom. The Hall–Kier alpha value is -1.83. The van der Waals surface area contributed by atoms with E-state index in [0.717, 1.165) is 17.7 Å². The third-order valence-corrected chi connectivity index (χ3v) is 2.96. The average Bonchev–Trinajstić information content (AvgIpc) is 2.49. The van der Waals surface area contributed by atoms with Gasteiger partial charge >= 0.3 is 0 Å². The first-order valence-corrected chi connectivity index (χ1v) is 6.78. The molecule has 0 bridgehead atoms. The number of hydrogen-bond donors (Lipinski definition) is 0. The van der Waals surface area contributed by atoms with Crippen LogP contribution in [0.1, 0.15) is 20.8 Å². The molecular weight excluding hydrogens is 237 g/mol. The zero-order valence-electron chi connectivity index (χ0n) is 12.2. The number of nitrogens with zero attached hydrogens (tertiary/aromatic N) is 1. The summed E-state index contributed by atoms with van der Waals surface area (Å²) in [6, 6.07) is 14.9. The second-order valence-corrected chi connectivity index (χ2v) is 4.07. The van der Waals surface area contributed by atoms with Crippen LogP contribution in [0.25, 0.3) is 11.1 Å². The van der Waals surface area contributed by atoms with Gasteiger partial charge in [0.05, 0.1) is 0 Å². The van der Waals surface area contributed by atoms with Gasteiger partial charge in [-0.05, 0) is 42.3 Å². The van der Waals surface area contributed by atoms with Crippen molar-refractivity contribution in [1.29, 1.82) is 0 Å². The van der Waals surface area contributed by atoms with Crippen molar-refractivity contribution in [2.75, 3.05) is 18.5 Å². The van der Waals surface area contributed by atoms with Crippen molar-refractivity contribution in [2.24, 2.45) is 0 Å². The van der Waals surface area contributed by atoms with E-state index in [1.54, 1.807) is 12.1 Å². The third kappa shape index (κ3) is 4.09. The zero-order valence-corrected chi connectivity index (χ0v) is 12.2. The monoisotopic (exact) mass is 259 g/mol. The molecule has 2 aromatic carbocycles. The molecule has 0 aliphatic rings. The first kappa shape index (κ1) is 15.2. The molecule has 1 nitrogen and oxygen atoms in total. The van der Waals surface area contributed by atoms with E-state index in [0.29, 0.717) is 0 Å². The molecule has 0 unspecified atom stereocenters. The first-order valence-electron chi connectivity index (χ1n) is 6.78. The van der Waals surface area contributed by atoms with Crippen LogP contribution < -0.4 is 4.90 Å². The molecule has 0 fully saturated rings. The summed E-state index contributed by atoms with van der Waals surface area (Å²) in [6.45, 7) is 7.10. The lowest BCUT2D eigenvalue weighted by Gasteiger charge is -2.16. The standard InChI is InChI=1S/C15H16FN.C2H6/c1-3-17(2)15-10-6-13(7-11-15)12-4-8-14(16)9-5-12;1-2/h4-11H,3H2,1-2H3;1-2H3. The Morgan fingerprint density at radius 3 is 1.68 bits per heavy atom. The summed E-state index contributed by atoms with van der Waals surface area (Å²) in [6.07, 6.45) is 0. The minimum atomic E-state index is -0.198. The van der Waals surface area contributed by atoms with Crippen LogP contribution in [-0.4, -0.2) is 13.6 Å². The SMILES string of the molecule is CC.CCN(C)c1ccc(-c2ccc(F)cc2)cc1. The largest absolute Gasteiger partial charge is 0.375 e. The van der Waals surface area contributed by atoms with E-state index in [2.05, 4.69) is 43.1 Å². The highest BCUT2D eigenvalue weighted by atomic mass is 19.1. The minimum Gasteiger partial charge on any atom is -0.375 e. The molecule has 0 saturated heterocycles. The maximum absolute atomic E-state index is 12.8. The highest BCUT2D eigenvalue weighted by Crippen LogP contribution is 2.22. The van der Waals surface area contributed by atoms with Crippen LogP contribution in [0.3, 0.4) is 0 Å². The molecule has 19 heavy (non-hydrogen) atoms. The van der Waals surface area contributed by atoms with Gasteiger partial charge in [-0.25, -0.2) is 4.39 Å². The number of halogens is 1. The van der Waals surface area contributed by atoms with Crippen LogP contribution in [0.2, 0.25) is 0 Å². The van der Waals surface area contributed by atoms with Crippen molar-refractivity contribution in [3.05, 3.63) is 54.3 Å². The number of benzene rings is 2. The van der Waals surface area contributed by atoms with Gasteiger partial charge in [0.15, 0.2) is 0 Å². The molecule has 0 aromatic heterocycles. The number of hydrogen-bond acceptors (Lipinski definition) is 1. The third-order valence-electron chi connectivity index (χ3n) is 2.96. The van der Waals surface area contributed by atoms with E-state index < -0.39 is 0 Å². The quantitative estimate of drug-likeness (QED) is 0.751. The molecule has 0 aliphatic carbocycles. The second-order valence-electron chi connectivity index (χ2n) is 4.07. The van der Waals surface area contributed by atoms with Crippen LogP contribution in [0.15, 0.2) is 48.5 Å². The van der Waals surface area contributed by atoms with Crippen LogP contribution in [0, 0.1) is 5.82 Å². The Kier molecular flexibility index (Phi) is 6.07. The predicted molar refractivity (Wildman–Crippen MR) is 82.1 cm³/mol. The summed E-state index contributed by atoms with van der Waals surface area (Å²) in [7, 11) is 2.06. The van der Waals surface area contributed by atoms with E-state index in [-0.39, 0.29) is 5.82 Å². The van der Waals surface area contributed by atoms with Crippen molar-refractivity contribution >= 4 is 5.69 Å². The summed E-state index contributed by atoms with van der Waals surface area (Å²) >= 11 is 0. The molecule has 102 valence electrons. The van der Waals surface area contributed by atoms with Crippen molar-refractivity contribution in [3.8, 4) is 11.1 Å². The maximum Gasteiger partial charge on any atom is 0.123 e. The second kappa shape index (κ2) is 7.57. The molecule has 2 aromatic rings. The molecule has 0 heterocycles. The fraction of sp³-hybridized carbons (Fsp3) is 0.294. The normalized spacial score (nSPS) is 9.53. The van der Waals surface area contributed by atoms with Crippen LogP contribution in [0.4, 0.5) is 10.1 Å². The van der Waals surface area contributed by atoms with Crippen molar-refractivity contribution in [2.45, 2.75) is 20.8 Å². The maximum atomic E-state index is 12.8. The zero-order chi connectivity index (χ0) is 14.3. The predicted octanol–water partition coefficient (Wildman–Crippen LogP) is 4.98. The fourth-order valence-electron chi connectivity index (χ4n) is 1.73. The number of anilines is 1. The molecule has 2 rings (SSSR count). The lowest BCUT2D eigenvalue weighted by molar-refractivity contribution is 0.628. The summed E-state index contributed by atoms with van der Waals surface area (Å²) in [5, 5.41) is 0. The molecular formula is C17H22FN. The van der Waals surface area contributed by atoms with Gasteiger partial charge in [0.25, 0.3) is 0 Å². The van der Waals surface area contributed by atoms with Crippen LogP contribution >= 0.6 is 0 Å². The fourth-order valence-corrected chi connectivity index (χ4v) is 1.73. The summed E-state index contributed by atoms with van der Waals surface area (Å²) in [4.78, 5) is 2.18. The van der Waals surface area contributed by atoms with Gasteiger partial charge in [0.2, 0.25) is 0 Å². The van der Waals surface area contributed by atoms with E-state index in [1.807, 2.05) is 13.8 Å². The van der Waals surface area contributed by atoms with E-state index in [4.69, 9.17) is 0 Å². The van der Waals surface area contributed by atoms with Crippen LogP contribution in [0.5, 0.6) is 0 Å². The lowest BCUT2D eigenvalue weighted by atomic mass is 10.1. The van der Waals surface area contributed by atoms with Crippen molar-refractivity contribution in [1.82, 2.24) is 0 Å². The van der Waals surface area contributed by atoms with Gasteiger partial charge in [-0.2, -0.15) is 0 Å². The molecule has 0 N–H and O–H groups in total. The van der Waals surface area contributed by atoms with Crippen molar-refractivity contribution in [3.63, 3.8) is 0 Å². The molecule has 0 saturated carbocycles. The average molecular weight is 259 g/mol. The van der Waals surface area contributed by atoms with Gasteiger partial charge in [-0.3, -0.25) is 0 Å². The van der Waals surface area contributed by atoms with E-state index >= 15 is 0 Å². The minimum absolute atomic E-state index is 0.198. The molecule has 2 heteroatoms. The van der Waals surface area contributed by atoms with Gasteiger partial charge < -0.3 is 4.90 Å². The molecule has 0 spiro atoms. The number of rotatable bonds is 3. The van der Waals surface area contributed by atoms with E-state index in [9.17, 15) is 4.39 Å². The van der Waals surface area contributed by atoms with Crippen molar-refractivity contribution < 1.29 is 4.39 Å². The van der Waals surface area contributed by atoms with E-state index in [1.165, 1.54) is 17.8 Å². The summed E-state index contributed by atoms with van der Waals surface area (Å²) in [5.41, 5.74) is 3.34. The Labute approximate surface area is 115 Å². The Morgan fingerprint density at radius 2 is 1.26 bits per heavy atom. The van der Waals surface area contributed by atoms with Gasteiger partial charge in [-0.1, -0.05) is 38.1 Å². The molecule has 0 aliphatic heterocycles. The van der Waals surface area contributed by atoms with Crippen LogP contribution in [-0.2, 0) is 0 Å². The van der Waals surface area contributed by atoms with Gasteiger partial charge in [0.1, 0.15) is 5.82 Å². The summed E-state index contributed by atoms with van der Waals surface area (Å²) in [5.74, 6) is -0.198. The Bertz CT molecular complexity index is 474. The highest BCUT2D eigenvalue weighted by Gasteiger charge is 2.00. The highest BCUT2D eigenvalue weighted by molar-refractivity contribution is 5.66. The topological polar surface area (TPSA) is 3.24 Å². The smallest absolute Gasteiger partial charge is 0.123 e. The first-order chi connectivity index (χ1) is 9.20.